The molecule has 0 aromatic heterocycles. The largest absolute Gasteiger partial charge is 0.494 e. The zero-order chi connectivity index (χ0) is 20.9. The lowest BCUT2D eigenvalue weighted by molar-refractivity contribution is -0.126. The van der Waals surface area contributed by atoms with Crippen LogP contribution in [0.2, 0.25) is 0 Å². The molecule has 8 heteroatoms. The molecule has 3 rings (SSSR count). The predicted octanol–water partition coefficient (Wildman–Crippen LogP) is 2.94. The van der Waals surface area contributed by atoms with Gasteiger partial charge in [-0.15, -0.1) is 0 Å². The lowest BCUT2D eigenvalue weighted by Crippen LogP contribution is -2.45. The van der Waals surface area contributed by atoms with Gasteiger partial charge in [0.2, 0.25) is 15.9 Å². The Morgan fingerprint density at radius 2 is 2.00 bits per heavy atom. The van der Waals surface area contributed by atoms with Gasteiger partial charge in [0, 0.05) is 19.6 Å². The van der Waals surface area contributed by atoms with E-state index in [1.165, 1.54) is 16.4 Å². The zero-order valence-electron chi connectivity index (χ0n) is 16.3. The molecule has 1 atom stereocenters. The third-order valence-electron chi connectivity index (χ3n) is 4.88. The van der Waals surface area contributed by atoms with E-state index in [2.05, 4.69) is 5.32 Å². The minimum atomic E-state index is -3.75. The summed E-state index contributed by atoms with van der Waals surface area (Å²) < 4.78 is 45.5. The van der Waals surface area contributed by atoms with Gasteiger partial charge in [0.1, 0.15) is 11.6 Å². The van der Waals surface area contributed by atoms with E-state index in [0.717, 1.165) is 23.4 Å². The fourth-order valence-electron chi connectivity index (χ4n) is 3.38. The average Bonchev–Trinajstić information content (AvgIpc) is 2.73. The average molecular weight is 421 g/mol. The summed E-state index contributed by atoms with van der Waals surface area (Å²) in [6.45, 7) is 3.28. The summed E-state index contributed by atoms with van der Waals surface area (Å²) in [6.07, 6.45) is 1.22. The Hall–Kier alpha value is -2.45. The van der Waals surface area contributed by atoms with E-state index in [4.69, 9.17) is 4.74 Å². The fourth-order valence-corrected chi connectivity index (χ4v) is 4.90. The van der Waals surface area contributed by atoms with Gasteiger partial charge < -0.3 is 10.1 Å². The van der Waals surface area contributed by atoms with Crippen LogP contribution in [0.15, 0.2) is 53.4 Å². The summed E-state index contributed by atoms with van der Waals surface area (Å²) in [4.78, 5) is 12.7. The number of sulfonamides is 1. The third-order valence-corrected chi connectivity index (χ3v) is 6.76. The summed E-state index contributed by atoms with van der Waals surface area (Å²) >= 11 is 0. The monoisotopic (exact) mass is 420 g/mol. The zero-order valence-corrected chi connectivity index (χ0v) is 17.1. The number of carbonyl (C=O) groups is 1. The second-order valence-electron chi connectivity index (χ2n) is 6.95. The molecular weight excluding hydrogens is 395 g/mol. The Labute approximate surface area is 170 Å². The van der Waals surface area contributed by atoms with E-state index >= 15 is 0 Å². The van der Waals surface area contributed by atoms with Gasteiger partial charge in [-0.05, 0) is 61.7 Å². The van der Waals surface area contributed by atoms with Gasteiger partial charge in [0.05, 0.1) is 17.4 Å². The number of halogens is 1. The Balaban J connectivity index is 1.62. The first-order chi connectivity index (χ1) is 13.9. The van der Waals surface area contributed by atoms with Crippen LogP contribution in [0.4, 0.5) is 4.39 Å². The van der Waals surface area contributed by atoms with Crippen LogP contribution < -0.4 is 10.1 Å². The lowest BCUT2D eigenvalue weighted by atomic mass is 9.99. The molecule has 1 N–H and O–H groups in total. The maximum absolute atomic E-state index is 13.1. The van der Waals surface area contributed by atoms with Crippen LogP contribution in [0.25, 0.3) is 0 Å². The van der Waals surface area contributed by atoms with Crippen molar-refractivity contribution in [1.29, 1.82) is 0 Å². The van der Waals surface area contributed by atoms with Crippen molar-refractivity contribution >= 4 is 15.9 Å². The molecule has 2 aromatic carbocycles. The van der Waals surface area contributed by atoms with E-state index in [1.54, 1.807) is 0 Å². The summed E-state index contributed by atoms with van der Waals surface area (Å²) in [5, 5.41) is 2.89. The van der Waals surface area contributed by atoms with Crippen molar-refractivity contribution in [3.05, 3.63) is 59.9 Å². The minimum absolute atomic E-state index is 0.0349. The van der Waals surface area contributed by atoms with Crippen molar-refractivity contribution in [3.63, 3.8) is 0 Å². The van der Waals surface area contributed by atoms with Crippen LogP contribution in [-0.2, 0) is 21.4 Å². The van der Waals surface area contributed by atoms with Gasteiger partial charge in [-0.1, -0.05) is 12.1 Å². The molecule has 2 aromatic rings. The number of ether oxygens (including phenoxy) is 1. The minimum Gasteiger partial charge on any atom is -0.494 e. The molecule has 0 spiro atoms. The predicted molar refractivity (Wildman–Crippen MR) is 107 cm³/mol. The molecule has 156 valence electrons. The number of hydrogen-bond acceptors (Lipinski definition) is 4. The van der Waals surface area contributed by atoms with Crippen molar-refractivity contribution in [2.75, 3.05) is 19.7 Å². The normalized spacial score (nSPS) is 17.7. The second kappa shape index (κ2) is 9.37. The van der Waals surface area contributed by atoms with E-state index < -0.39 is 21.8 Å². The van der Waals surface area contributed by atoms with Crippen LogP contribution in [0, 0.1) is 11.7 Å². The molecule has 6 nitrogen and oxygen atoms in total. The summed E-state index contributed by atoms with van der Waals surface area (Å²) in [5.41, 5.74) is 0.913. The Morgan fingerprint density at radius 3 is 2.72 bits per heavy atom. The smallest absolute Gasteiger partial charge is 0.243 e. The molecule has 1 fully saturated rings. The first-order valence-corrected chi connectivity index (χ1v) is 11.1. The fraction of sp³-hybridized carbons (Fsp3) is 0.381. The molecule has 0 saturated carbocycles. The molecule has 1 amide bonds. The number of hydrogen-bond donors (Lipinski definition) is 1. The topological polar surface area (TPSA) is 75.7 Å². The van der Waals surface area contributed by atoms with Crippen molar-refractivity contribution in [2.45, 2.75) is 31.2 Å². The molecule has 0 radical (unpaired) electrons. The number of piperidine rings is 1. The van der Waals surface area contributed by atoms with Crippen LogP contribution in [0.1, 0.15) is 25.3 Å². The highest BCUT2D eigenvalue weighted by molar-refractivity contribution is 7.89. The van der Waals surface area contributed by atoms with Gasteiger partial charge in [-0.25, -0.2) is 12.8 Å². The van der Waals surface area contributed by atoms with E-state index in [-0.39, 0.29) is 17.3 Å². The molecule has 1 aliphatic rings. The van der Waals surface area contributed by atoms with Gasteiger partial charge in [-0.2, -0.15) is 4.31 Å². The van der Waals surface area contributed by atoms with Crippen LogP contribution >= 0.6 is 0 Å². The van der Waals surface area contributed by atoms with Crippen molar-refractivity contribution < 1.29 is 22.3 Å². The number of benzene rings is 2. The highest BCUT2D eigenvalue weighted by atomic mass is 32.2. The van der Waals surface area contributed by atoms with E-state index in [9.17, 15) is 17.6 Å². The second-order valence-corrected chi connectivity index (χ2v) is 8.89. The summed E-state index contributed by atoms with van der Waals surface area (Å²) in [6, 6.07) is 12.2. The van der Waals surface area contributed by atoms with Crippen LogP contribution in [-0.4, -0.2) is 38.3 Å². The Morgan fingerprint density at radius 1 is 1.24 bits per heavy atom. The molecular formula is C21H25FN2O4S. The van der Waals surface area contributed by atoms with Gasteiger partial charge in [-0.3, -0.25) is 4.79 Å². The molecule has 1 heterocycles. The summed E-state index contributed by atoms with van der Waals surface area (Å²) in [7, 11) is -3.75. The Bertz CT molecular complexity index is 947. The van der Waals surface area contributed by atoms with Crippen molar-refractivity contribution in [1.82, 2.24) is 9.62 Å². The highest BCUT2D eigenvalue weighted by Crippen LogP contribution is 2.24. The lowest BCUT2D eigenvalue weighted by Gasteiger charge is -2.31. The molecule has 1 aliphatic heterocycles. The van der Waals surface area contributed by atoms with Gasteiger partial charge in [0.25, 0.3) is 0 Å². The number of rotatable bonds is 7. The number of nitrogens with one attached hydrogen (secondary N) is 1. The maximum Gasteiger partial charge on any atom is 0.243 e. The molecule has 1 saturated heterocycles. The SMILES string of the molecule is CCOc1cccc(CNC(=O)[C@@H]2CCCN(S(=O)(=O)c3ccc(F)cc3)C2)c1. The molecule has 0 unspecified atom stereocenters. The quantitative estimate of drug-likeness (QED) is 0.747. The van der Waals surface area contributed by atoms with E-state index in [0.29, 0.717) is 32.5 Å². The number of amides is 1. The van der Waals surface area contributed by atoms with Crippen molar-refractivity contribution in [2.24, 2.45) is 5.92 Å². The summed E-state index contributed by atoms with van der Waals surface area (Å²) in [5.74, 6) is -0.346. The van der Waals surface area contributed by atoms with Gasteiger partial charge in [0.15, 0.2) is 0 Å². The third kappa shape index (κ3) is 5.33. The molecule has 0 bridgehead atoms. The molecule has 0 aliphatic carbocycles. The first-order valence-electron chi connectivity index (χ1n) is 9.65. The number of nitrogens with zero attached hydrogens (tertiary/aromatic N) is 1. The number of carbonyl (C=O) groups excluding carboxylic acids is 1. The standard InChI is InChI=1S/C21H25FN2O4S/c1-2-28-19-7-3-5-16(13-19)14-23-21(25)17-6-4-12-24(15-17)29(26,27)20-10-8-18(22)9-11-20/h3,5,7-11,13,17H,2,4,6,12,14-15H2,1H3,(H,23,25)/t17-/m1/s1. The van der Waals surface area contributed by atoms with E-state index in [1.807, 2.05) is 31.2 Å². The Kier molecular flexibility index (Phi) is 6.87. The van der Waals surface area contributed by atoms with Crippen LogP contribution in [0.3, 0.4) is 0 Å². The van der Waals surface area contributed by atoms with Crippen molar-refractivity contribution in [3.8, 4) is 5.75 Å². The first kappa shape index (κ1) is 21.3. The molecule has 29 heavy (non-hydrogen) atoms. The van der Waals surface area contributed by atoms with Crippen LogP contribution in [0.5, 0.6) is 5.75 Å². The van der Waals surface area contributed by atoms with Gasteiger partial charge >= 0.3 is 0 Å². The maximum atomic E-state index is 13.1. The highest BCUT2D eigenvalue weighted by Gasteiger charge is 2.33.